The molecule has 0 saturated carbocycles. The summed E-state index contributed by atoms with van der Waals surface area (Å²) in [7, 11) is 3.22. The quantitative estimate of drug-likeness (QED) is 0.224. The molecule has 2 aromatic heterocycles. The molecule has 38 heavy (non-hydrogen) atoms. The van der Waals surface area contributed by atoms with Crippen molar-refractivity contribution in [1.82, 2.24) is 14.8 Å². The van der Waals surface area contributed by atoms with Crippen molar-refractivity contribution < 1.29 is 19.7 Å². The molecule has 5 rings (SSSR count). The van der Waals surface area contributed by atoms with Gasteiger partial charge in [0.15, 0.2) is 17.4 Å². The summed E-state index contributed by atoms with van der Waals surface area (Å²) in [6.07, 6.45) is 2.19. The average molecular weight is 510 g/mol. The Balaban J connectivity index is 1.37. The van der Waals surface area contributed by atoms with Crippen LogP contribution in [-0.2, 0) is 13.5 Å². The van der Waals surface area contributed by atoms with Crippen LogP contribution in [0, 0.1) is 6.92 Å². The smallest absolute Gasteiger partial charge is 0.273 e. The molecule has 9 nitrogen and oxygen atoms in total. The number of ether oxygens (including phenoxy) is 1. The lowest BCUT2D eigenvalue weighted by molar-refractivity contribution is 0.101. The van der Waals surface area contributed by atoms with E-state index in [2.05, 4.69) is 20.4 Å². The number of phenolic OH excluding ortho intramolecular Hbond substituents is 1. The van der Waals surface area contributed by atoms with Gasteiger partial charge in [0, 0.05) is 35.9 Å². The molecular weight excluding hydrogens is 482 g/mol. The highest BCUT2D eigenvalue weighted by atomic mass is 16.5. The van der Waals surface area contributed by atoms with E-state index >= 15 is 0 Å². The lowest BCUT2D eigenvalue weighted by atomic mass is 10.0. The number of fused-ring (bicyclic) bond motifs is 1. The average Bonchev–Trinajstić information content (AvgIpc) is 3.39. The first-order valence-corrected chi connectivity index (χ1v) is 12.0. The Morgan fingerprint density at radius 3 is 2.66 bits per heavy atom. The topological polar surface area (TPSA) is 125 Å². The van der Waals surface area contributed by atoms with Gasteiger partial charge in [-0.2, -0.15) is 5.10 Å². The molecule has 0 atom stereocenters. The third kappa shape index (κ3) is 5.08. The number of aromatic hydroxyl groups is 2. The summed E-state index contributed by atoms with van der Waals surface area (Å²) in [5.74, 6) is 0.137. The number of hydrogen-bond donors (Lipinski definition) is 4. The lowest BCUT2D eigenvalue weighted by Crippen LogP contribution is -2.16. The number of benzene rings is 3. The fourth-order valence-electron chi connectivity index (χ4n) is 4.40. The van der Waals surface area contributed by atoms with Crippen LogP contribution in [0.25, 0.3) is 10.9 Å². The number of aliphatic imine (C=N–C) groups is 1. The highest BCUT2D eigenvalue weighted by molar-refractivity contribution is 6.03. The Morgan fingerprint density at radius 2 is 1.92 bits per heavy atom. The molecule has 0 spiro atoms. The highest BCUT2D eigenvalue weighted by Gasteiger charge is 2.13. The van der Waals surface area contributed by atoms with Crippen molar-refractivity contribution in [1.29, 1.82) is 0 Å². The van der Waals surface area contributed by atoms with E-state index in [1.54, 1.807) is 36.1 Å². The van der Waals surface area contributed by atoms with Crippen molar-refractivity contribution in [2.45, 2.75) is 13.3 Å². The minimum absolute atomic E-state index is 0.00810. The predicted octanol–water partition coefficient (Wildman–Crippen LogP) is 5.22. The largest absolute Gasteiger partial charge is 0.504 e. The summed E-state index contributed by atoms with van der Waals surface area (Å²) in [6.45, 7) is 1.85. The van der Waals surface area contributed by atoms with E-state index in [-0.39, 0.29) is 17.5 Å². The summed E-state index contributed by atoms with van der Waals surface area (Å²) in [5, 5.41) is 28.5. The molecule has 0 aliphatic heterocycles. The second kappa shape index (κ2) is 10.1. The summed E-state index contributed by atoms with van der Waals surface area (Å²) >= 11 is 0. The summed E-state index contributed by atoms with van der Waals surface area (Å²) in [5.41, 5.74) is 5.86. The zero-order valence-electron chi connectivity index (χ0n) is 21.2. The standard InChI is InChI=1S/C29H27N5O4/c1-17-11-25(34(2)33-17)29(37)31-21-6-4-5-18(13-21)12-19-7-9-24-22(14-19)23(28(36)32-24)16-30-20-8-10-27(38-3)26(35)15-20/h4-11,13-16,32,35-36H,12H2,1-3H3,(H,31,37). The fourth-order valence-corrected chi connectivity index (χ4v) is 4.40. The van der Waals surface area contributed by atoms with Crippen LogP contribution in [0.15, 0.2) is 71.7 Å². The molecule has 0 unspecified atom stereocenters. The number of aryl methyl sites for hydroxylation is 2. The maximum atomic E-state index is 12.7. The number of aromatic nitrogens is 3. The fraction of sp³-hybridized carbons (Fsp3) is 0.138. The molecule has 0 fully saturated rings. The number of hydrogen-bond acceptors (Lipinski definition) is 6. The molecule has 3 aromatic carbocycles. The summed E-state index contributed by atoms with van der Waals surface area (Å²) in [4.78, 5) is 20.1. The Kier molecular flexibility index (Phi) is 6.57. The van der Waals surface area contributed by atoms with E-state index in [9.17, 15) is 15.0 Å². The van der Waals surface area contributed by atoms with Gasteiger partial charge in [0.2, 0.25) is 0 Å². The first kappa shape index (κ1) is 24.6. The number of rotatable bonds is 7. The minimum atomic E-state index is -0.219. The van der Waals surface area contributed by atoms with E-state index in [0.717, 1.165) is 27.7 Å². The first-order valence-electron chi connectivity index (χ1n) is 12.0. The molecule has 0 saturated heterocycles. The maximum Gasteiger partial charge on any atom is 0.273 e. The van der Waals surface area contributed by atoms with Crippen molar-refractivity contribution in [2.24, 2.45) is 12.0 Å². The monoisotopic (exact) mass is 509 g/mol. The van der Waals surface area contributed by atoms with Gasteiger partial charge in [-0.3, -0.25) is 14.5 Å². The molecule has 1 amide bonds. The van der Waals surface area contributed by atoms with Crippen LogP contribution in [0.3, 0.4) is 0 Å². The van der Waals surface area contributed by atoms with Crippen molar-refractivity contribution in [3.05, 3.63) is 94.8 Å². The van der Waals surface area contributed by atoms with Gasteiger partial charge in [0.1, 0.15) is 5.69 Å². The zero-order valence-corrected chi connectivity index (χ0v) is 21.2. The van der Waals surface area contributed by atoms with Crippen LogP contribution < -0.4 is 10.1 Å². The molecule has 0 radical (unpaired) electrons. The van der Waals surface area contributed by atoms with Crippen LogP contribution in [0.2, 0.25) is 0 Å². The molecule has 0 bridgehead atoms. The van der Waals surface area contributed by atoms with Gasteiger partial charge in [-0.25, -0.2) is 0 Å². The van der Waals surface area contributed by atoms with Crippen LogP contribution in [0.5, 0.6) is 17.4 Å². The SMILES string of the molecule is COc1ccc(N=Cc2c(O)[nH]c3ccc(Cc4cccc(NC(=O)c5cc(C)nn5C)c4)cc23)cc1O. The molecule has 5 aromatic rings. The van der Waals surface area contributed by atoms with Crippen LogP contribution in [0.1, 0.15) is 32.9 Å². The number of methoxy groups -OCH3 is 1. The third-order valence-electron chi connectivity index (χ3n) is 6.22. The molecule has 2 heterocycles. The Hall–Kier alpha value is -5.05. The number of nitrogens with zero attached hydrogens (tertiary/aromatic N) is 3. The predicted molar refractivity (Wildman–Crippen MR) is 147 cm³/mol. The van der Waals surface area contributed by atoms with Gasteiger partial charge in [-0.15, -0.1) is 0 Å². The third-order valence-corrected chi connectivity index (χ3v) is 6.22. The summed E-state index contributed by atoms with van der Waals surface area (Å²) in [6, 6.07) is 20.2. The van der Waals surface area contributed by atoms with Crippen LogP contribution >= 0.6 is 0 Å². The van der Waals surface area contributed by atoms with Crippen molar-refractivity contribution in [2.75, 3.05) is 12.4 Å². The number of carbonyl (C=O) groups is 1. The van der Waals surface area contributed by atoms with Crippen molar-refractivity contribution in [3.8, 4) is 17.4 Å². The van der Waals surface area contributed by atoms with Gasteiger partial charge >= 0.3 is 0 Å². The molecular formula is C29H27N5O4. The van der Waals surface area contributed by atoms with Gasteiger partial charge in [0.05, 0.1) is 24.1 Å². The van der Waals surface area contributed by atoms with Crippen LogP contribution in [-0.4, -0.2) is 44.2 Å². The molecule has 4 N–H and O–H groups in total. The van der Waals surface area contributed by atoms with Gasteiger partial charge in [0.25, 0.3) is 5.91 Å². The number of aromatic amines is 1. The number of nitrogens with one attached hydrogen (secondary N) is 2. The Bertz CT molecular complexity index is 1680. The number of phenols is 1. The van der Waals surface area contributed by atoms with E-state index < -0.39 is 0 Å². The normalized spacial score (nSPS) is 11.3. The number of H-pyrrole nitrogens is 1. The van der Waals surface area contributed by atoms with E-state index in [1.807, 2.05) is 49.4 Å². The second-order valence-electron chi connectivity index (χ2n) is 9.01. The maximum absolute atomic E-state index is 12.7. The zero-order chi connectivity index (χ0) is 26.8. The Morgan fingerprint density at radius 1 is 1.11 bits per heavy atom. The number of carbonyl (C=O) groups excluding carboxylic acids is 1. The van der Waals surface area contributed by atoms with Gasteiger partial charge in [-0.1, -0.05) is 18.2 Å². The van der Waals surface area contributed by atoms with Crippen molar-refractivity contribution >= 4 is 34.4 Å². The van der Waals surface area contributed by atoms with Crippen LogP contribution in [0.4, 0.5) is 11.4 Å². The van der Waals surface area contributed by atoms with E-state index in [1.165, 1.54) is 13.2 Å². The second-order valence-corrected chi connectivity index (χ2v) is 9.01. The highest BCUT2D eigenvalue weighted by Crippen LogP contribution is 2.31. The van der Waals surface area contributed by atoms with E-state index in [4.69, 9.17) is 4.74 Å². The van der Waals surface area contributed by atoms with Gasteiger partial charge < -0.3 is 25.3 Å². The van der Waals surface area contributed by atoms with E-state index in [0.29, 0.717) is 34.8 Å². The molecule has 0 aliphatic rings. The molecule has 192 valence electrons. The number of amides is 1. The van der Waals surface area contributed by atoms with Crippen molar-refractivity contribution in [3.63, 3.8) is 0 Å². The lowest BCUT2D eigenvalue weighted by Gasteiger charge is -2.08. The first-order chi connectivity index (χ1) is 18.3. The Labute approximate surface area is 219 Å². The summed E-state index contributed by atoms with van der Waals surface area (Å²) < 4.78 is 6.63. The number of anilines is 1. The molecule has 0 aliphatic carbocycles. The van der Waals surface area contributed by atoms with Gasteiger partial charge in [-0.05, 0) is 66.9 Å². The molecule has 9 heteroatoms. The minimum Gasteiger partial charge on any atom is -0.504 e.